The highest BCUT2D eigenvalue weighted by Gasteiger charge is 2.20. The fourth-order valence-corrected chi connectivity index (χ4v) is 3.12. The normalized spacial score (nSPS) is 13.4. The molecule has 0 aliphatic carbocycles. The maximum atomic E-state index is 12.2. The summed E-state index contributed by atoms with van der Waals surface area (Å²) in [6.07, 6.45) is 1.43. The number of benzene rings is 2. The third-order valence-corrected chi connectivity index (χ3v) is 4.80. The monoisotopic (exact) mass is 396 g/mol. The van der Waals surface area contributed by atoms with Gasteiger partial charge in [-0.1, -0.05) is 24.3 Å². The number of amides is 1. The van der Waals surface area contributed by atoms with Gasteiger partial charge in [-0.25, -0.2) is 4.79 Å². The number of aryl methyl sites for hydroxylation is 1. The highest BCUT2D eigenvalue weighted by molar-refractivity contribution is 5.99. The average Bonchev–Trinajstić information content (AvgIpc) is 3.11. The number of hydrogen-bond acceptors (Lipinski definition) is 6. The van der Waals surface area contributed by atoms with Crippen LogP contribution in [0.3, 0.4) is 0 Å². The Morgan fingerprint density at radius 3 is 2.45 bits per heavy atom. The van der Waals surface area contributed by atoms with Crippen molar-refractivity contribution in [3.63, 3.8) is 0 Å². The van der Waals surface area contributed by atoms with Crippen LogP contribution in [0, 0.1) is 17.0 Å². The summed E-state index contributed by atoms with van der Waals surface area (Å²) >= 11 is 0. The van der Waals surface area contributed by atoms with Crippen molar-refractivity contribution >= 4 is 23.3 Å². The minimum atomic E-state index is -0.663. The van der Waals surface area contributed by atoms with Gasteiger partial charge in [0.05, 0.1) is 10.5 Å². The summed E-state index contributed by atoms with van der Waals surface area (Å²) in [5.74, 6) is -1.06. The molecule has 1 aliphatic heterocycles. The van der Waals surface area contributed by atoms with Crippen molar-refractivity contribution in [3.05, 3.63) is 74.8 Å². The lowest BCUT2D eigenvalue weighted by Gasteiger charge is -2.15. The molecule has 0 saturated carbocycles. The molecular weight excluding hydrogens is 376 g/mol. The van der Waals surface area contributed by atoms with Crippen LogP contribution in [-0.2, 0) is 16.1 Å². The number of nitrogens with zero attached hydrogens (tertiary/aromatic N) is 2. The van der Waals surface area contributed by atoms with E-state index in [0.717, 1.165) is 18.5 Å². The first kappa shape index (κ1) is 20.2. The van der Waals surface area contributed by atoms with Gasteiger partial charge in [-0.15, -0.1) is 0 Å². The minimum absolute atomic E-state index is 0.112. The summed E-state index contributed by atoms with van der Waals surface area (Å²) in [5.41, 5.74) is 1.58. The Morgan fingerprint density at radius 2 is 1.83 bits per heavy atom. The van der Waals surface area contributed by atoms with Crippen molar-refractivity contribution in [2.24, 2.45) is 0 Å². The van der Waals surface area contributed by atoms with E-state index in [2.05, 4.69) is 0 Å². The van der Waals surface area contributed by atoms with Crippen LogP contribution < -0.4 is 0 Å². The third-order valence-electron chi connectivity index (χ3n) is 4.80. The number of nitro groups is 1. The summed E-state index contributed by atoms with van der Waals surface area (Å²) in [6, 6.07) is 10.8. The molecule has 1 amide bonds. The molecule has 1 fully saturated rings. The Balaban J connectivity index is 1.57. The Morgan fingerprint density at radius 1 is 1.14 bits per heavy atom. The van der Waals surface area contributed by atoms with Crippen molar-refractivity contribution in [1.29, 1.82) is 0 Å². The Labute approximate surface area is 167 Å². The smallest absolute Gasteiger partial charge is 0.338 e. The van der Waals surface area contributed by atoms with Crippen molar-refractivity contribution in [2.45, 2.75) is 26.3 Å². The summed E-state index contributed by atoms with van der Waals surface area (Å²) in [4.78, 5) is 48.3. The molecule has 0 bridgehead atoms. The van der Waals surface area contributed by atoms with E-state index in [-0.39, 0.29) is 22.7 Å². The molecule has 0 radical (unpaired) electrons. The van der Waals surface area contributed by atoms with Crippen LogP contribution >= 0.6 is 0 Å². The number of esters is 1. The van der Waals surface area contributed by atoms with Crippen LogP contribution in [0.15, 0.2) is 42.5 Å². The number of ketones is 1. The van der Waals surface area contributed by atoms with Crippen molar-refractivity contribution in [1.82, 2.24) is 4.90 Å². The summed E-state index contributed by atoms with van der Waals surface area (Å²) in [7, 11) is 0. The van der Waals surface area contributed by atoms with Crippen LogP contribution in [0.25, 0.3) is 0 Å². The van der Waals surface area contributed by atoms with Crippen LogP contribution in [0.4, 0.5) is 5.69 Å². The molecule has 3 rings (SSSR count). The van der Waals surface area contributed by atoms with Crippen molar-refractivity contribution in [2.75, 3.05) is 13.2 Å². The van der Waals surface area contributed by atoms with Gasteiger partial charge in [-0.2, -0.15) is 0 Å². The molecule has 0 spiro atoms. The number of carbonyl (C=O) groups is 3. The van der Waals surface area contributed by atoms with E-state index >= 15 is 0 Å². The van der Waals surface area contributed by atoms with E-state index in [1.54, 1.807) is 36.1 Å². The molecule has 8 nitrogen and oxygen atoms in total. The van der Waals surface area contributed by atoms with E-state index in [0.29, 0.717) is 18.5 Å². The van der Waals surface area contributed by atoms with Crippen LogP contribution in [-0.4, -0.2) is 40.6 Å². The number of nitro benzene ring substituents is 1. The lowest BCUT2D eigenvalue weighted by atomic mass is 10.1. The van der Waals surface area contributed by atoms with Crippen molar-refractivity contribution in [3.8, 4) is 0 Å². The largest absolute Gasteiger partial charge is 0.454 e. The minimum Gasteiger partial charge on any atom is -0.454 e. The molecule has 2 aromatic rings. The van der Waals surface area contributed by atoms with Gasteiger partial charge in [0.1, 0.15) is 0 Å². The first-order valence-corrected chi connectivity index (χ1v) is 9.17. The molecule has 1 saturated heterocycles. The molecule has 8 heteroatoms. The second-order valence-electron chi connectivity index (χ2n) is 6.87. The Hall–Kier alpha value is -3.55. The van der Waals surface area contributed by atoms with E-state index in [1.807, 2.05) is 0 Å². The molecule has 150 valence electrons. The fraction of sp³-hybridized carbons (Fsp3) is 0.286. The van der Waals surface area contributed by atoms with Gasteiger partial charge in [0.2, 0.25) is 11.7 Å². The predicted molar refractivity (Wildman–Crippen MR) is 104 cm³/mol. The molecule has 0 unspecified atom stereocenters. The van der Waals surface area contributed by atoms with Gasteiger partial charge < -0.3 is 9.64 Å². The number of hydrogen-bond donors (Lipinski definition) is 0. The zero-order valence-electron chi connectivity index (χ0n) is 15.9. The number of carbonyl (C=O) groups excluding carboxylic acids is 3. The number of rotatable bonds is 7. The molecule has 29 heavy (non-hydrogen) atoms. The lowest BCUT2D eigenvalue weighted by molar-refractivity contribution is -0.385. The number of ether oxygens (including phenoxy) is 1. The Kier molecular flexibility index (Phi) is 6.01. The maximum absolute atomic E-state index is 12.2. The van der Waals surface area contributed by atoms with Crippen LogP contribution in [0.1, 0.15) is 44.7 Å². The lowest BCUT2D eigenvalue weighted by Crippen LogP contribution is -2.23. The molecule has 0 atom stereocenters. The van der Waals surface area contributed by atoms with E-state index in [1.165, 1.54) is 18.2 Å². The van der Waals surface area contributed by atoms with E-state index < -0.39 is 23.3 Å². The zero-order chi connectivity index (χ0) is 21.0. The third kappa shape index (κ3) is 4.84. The van der Waals surface area contributed by atoms with Crippen LogP contribution in [0.5, 0.6) is 0 Å². The summed E-state index contributed by atoms with van der Waals surface area (Å²) in [6.45, 7) is 2.31. The standard InChI is InChI=1S/C21H20N2O6/c1-14-4-7-17(11-18(14)23(27)28)19(24)13-29-21(26)16-8-5-15(6-9-16)12-22-10-2-3-20(22)25/h4-9,11H,2-3,10,12-13H2,1H3. The topological polar surface area (TPSA) is 107 Å². The molecular formula is C21H20N2O6. The van der Waals surface area contributed by atoms with E-state index in [9.17, 15) is 24.5 Å². The highest BCUT2D eigenvalue weighted by Crippen LogP contribution is 2.20. The zero-order valence-corrected chi connectivity index (χ0v) is 15.9. The first-order chi connectivity index (χ1) is 13.8. The average molecular weight is 396 g/mol. The summed E-state index contributed by atoms with van der Waals surface area (Å²) in [5, 5.41) is 11.0. The van der Waals surface area contributed by atoms with Gasteiger partial charge in [0.25, 0.3) is 5.69 Å². The first-order valence-electron chi connectivity index (χ1n) is 9.17. The fourth-order valence-electron chi connectivity index (χ4n) is 3.12. The van der Waals surface area contributed by atoms with Gasteiger partial charge in [0.15, 0.2) is 6.61 Å². The predicted octanol–water partition coefficient (Wildman–Crippen LogP) is 3.07. The van der Waals surface area contributed by atoms with Gasteiger partial charge in [-0.05, 0) is 31.0 Å². The van der Waals surface area contributed by atoms with Crippen molar-refractivity contribution < 1.29 is 24.0 Å². The Bertz CT molecular complexity index is 968. The number of Topliss-reactive ketones (excluding diaryl/α,β-unsaturated/α-hetero) is 1. The quantitative estimate of drug-likeness (QED) is 0.308. The molecule has 0 N–H and O–H groups in total. The van der Waals surface area contributed by atoms with E-state index in [4.69, 9.17) is 4.74 Å². The van der Waals surface area contributed by atoms with Gasteiger partial charge >= 0.3 is 5.97 Å². The molecule has 1 heterocycles. The molecule has 2 aromatic carbocycles. The second-order valence-corrected chi connectivity index (χ2v) is 6.87. The van der Waals surface area contributed by atoms with Crippen LogP contribution in [0.2, 0.25) is 0 Å². The SMILES string of the molecule is Cc1ccc(C(=O)COC(=O)c2ccc(CN3CCCC3=O)cc2)cc1[N+](=O)[O-]. The van der Waals surface area contributed by atoms with Gasteiger partial charge in [-0.3, -0.25) is 19.7 Å². The number of likely N-dealkylation sites (tertiary alicyclic amines) is 1. The summed E-state index contributed by atoms with van der Waals surface area (Å²) < 4.78 is 5.04. The maximum Gasteiger partial charge on any atom is 0.338 e. The van der Waals surface area contributed by atoms with Gasteiger partial charge in [0, 0.05) is 36.7 Å². The molecule has 1 aliphatic rings. The highest BCUT2D eigenvalue weighted by atomic mass is 16.6. The second kappa shape index (κ2) is 8.64. The molecule has 0 aromatic heterocycles.